The fourth-order valence-electron chi connectivity index (χ4n) is 0.985. The first-order valence-electron chi connectivity index (χ1n) is 3.98. The van der Waals surface area contributed by atoms with Gasteiger partial charge in [-0.25, -0.2) is 0 Å². The Labute approximate surface area is 76.4 Å². The molecule has 0 spiro atoms. The second-order valence-corrected chi connectivity index (χ2v) is 2.92. The average molecular weight is 180 g/mol. The lowest BCUT2D eigenvalue weighted by Crippen LogP contribution is -2.15. The van der Waals surface area contributed by atoms with E-state index in [-0.39, 0.29) is 6.42 Å². The molecule has 4 nitrogen and oxygen atoms in total. The molecule has 1 aromatic heterocycles. The first kappa shape index (κ1) is 9.67. The molecule has 1 amide bonds. The molecule has 0 aliphatic heterocycles. The van der Waals surface area contributed by atoms with Gasteiger partial charge in [-0.15, -0.1) is 0 Å². The van der Waals surface area contributed by atoms with E-state index in [4.69, 9.17) is 5.73 Å². The summed E-state index contributed by atoms with van der Waals surface area (Å²) in [4.78, 5) is 14.5. The average Bonchev–Trinajstić information content (AvgIpc) is 2.04. The Bertz CT molecular complexity index is 295. The molecular weight excluding hydrogens is 168 g/mol. The number of carbonyl (C=O) groups excluding carboxylic acids is 1. The number of nitrogens with zero attached hydrogens (tertiary/aromatic N) is 1. The highest BCUT2D eigenvalue weighted by atomic mass is 16.3. The first-order chi connectivity index (χ1) is 6.09. The van der Waals surface area contributed by atoms with Crippen LogP contribution in [-0.4, -0.2) is 16.0 Å². The van der Waals surface area contributed by atoms with Crippen LogP contribution >= 0.6 is 0 Å². The van der Waals surface area contributed by atoms with E-state index >= 15 is 0 Å². The van der Waals surface area contributed by atoms with Crippen LogP contribution in [0.4, 0.5) is 0 Å². The van der Waals surface area contributed by atoms with E-state index in [1.165, 1.54) is 0 Å². The molecule has 70 valence electrons. The van der Waals surface area contributed by atoms with Crippen molar-refractivity contribution >= 4 is 5.91 Å². The molecule has 0 fully saturated rings. The molecule has 1 rings (SSSR count). The van der Waals surface area contributed by atoms with Crippen LogP contribution in [-0.2, 0) is 4.79 Å². The number of hydrogen-bond donors (Lipinski definition) is 2. The number of carbonyl (C=O) groups is 1. The molecule has 1 heterocycles. The fourth-order valence-corrected chi connectivity index (χ4v) is 0.985. The maximum atomic E-state index is 10.5. The molecule has 0 aliphatic carbocycles. The molecule has 0 aliphatic rings. The van der Waals surface area contributed by atoms with E-state index in [1.807, 2.05) is 6.92 Å². The summed E-state index contributed by atoms with van der Waals surface area (Å²) < 4.78 is 0. The monoisotopic (exact) mass is 180 g/mol. The van der Waals surface area contributed by atoms with Crippen molar-refractivity contribution in [1.29, 1.82) is 0 Å². The number of aryl methyl sites for hydroxylation is 1. The highest BCUT2D eigenvalue weighted by molar-refractivity contribution is 5.74. The molecule has 13 heavy (non-hydrogen) atoms. The van der Waals surface area contributed by atoms with Crippen molar-refractivity contribution in [3.63, 3.8) is 0 Å². The number of aliphatic hydroxyl groups is 1. The fraction of sp³-hybridized carbons (Fsp3) is 0.333. The van der Waals surface area contributed by atoms with Gasteiger partial charge < -0.3 is 10.8 Å². The zero-order valence-corrected chi connectivity index (χ0v) is 7.40. The minimum Gasteiger partial charge on any atom is -0.388 e. The van der Waals surface area contributed by atoms with Crippen LogP contribution in [0.1, 0.15) is 23.8 Å². The predicted octanol–water partition coefficient (Wildman–Crippen LogP) is 0.299. The summed E-state index contributed by atoms with van der Waals surface area (Å²) in [6.45, 7) is 1.85. The minimum atomic E-state index is -0.842. The Hall–Kier alpha value is -1.42. The summed E-state index contributed by atoms with van der Waals surface area (Å²) in [7, 11) is 0. The Morgan fingerprint density at radius 2 is 2.38 bits per heavy atom. The molecule has 1 aromatic rings. The first-order valence-corrected chi connectivity index (χ1v) is 3.98. The van der Waals surface area contributed by atoms with Gasteiger partial charge in [0.25, 0.3) is 0 Å². The van der Waals surface area contributed by atoms with Crippen molar-refractivity contribution in [2.24, 2.45) is 5.73 Å². The van der Waals surface area contributed by atoms with Crippen molar-refractivity contribution in [3.8, 4) is 0 Å². The lowest BCUT2D eigenvalue weighted by Gasteiger charge is -2.07. The van der Waals surface area contributed by atoms with E-state index in [2.05, 4.69) is 4.98 Å². The van der Waals surface area contributed by atoms with Gasteiger partial charge >= 0.3 is 0 Å². The SMILES string of the molecule is Cc1ccc([C@H](O)CC(N)=O)cn1. The van der Waals surface area contributed by atoms with Gasteiger partial charge in [0.2, 0.25) is 5.91 Å². The van der Waals surface area contributed by atoms with Crippen molar-refractivity contribution < 1.29 is 9.90 Å². The lowest BCUT2D eigenvalue weighted by molar-refractivity contribution is -0.119. The second kappa shape index (κ2) is 4.00. The van der Waals surface area contributed by atoms with Gasteiger partial charge in [-0.2, -0.15) is 0 Å². The topological polar surface area (TPSA) is 76.2 Å². The third-order valence-corrected chi connectivity index (χ3v) is 1.71. The van der Waals surface area contributed by atoms with Crippen molar-refractivity contribution in [2.45, 2.75) is 19.4 Å². The van der Waals surface area contributed by atoms with Crippen LogP contribution in [0.25, 0.3) is 0 Å². The van der Waals surface area contributed by atoms with Crippen molar-refractivity contribution in [1.82, 2.24) is 4.98 Å². The molecule has 4 heteroatoms. The van der Waals surface area contributed by atoms with Gasteiger partial charge in [0, 0.05) is 11.9 Å². The van der Waals surface area contributed by atoms with Gasteiger partial charge in [-0.1, -0.05) is 6.07 Å². The summed E-state index contributed by atoms with van der Waals surface area (Å²) in [6.07, 6.45) is 0.638. The molecule has 3 N–H and O–H groups in total. The molecule has 0 saturated heterocycles. The van der Waals surface area contributed by atoms with Crippen LogP contribution in [0, 0.1) is 6.92 Å². The smallest absolute Gasteiger partial charge is 0.220 e. The van der Waals surface area contributed by atoms with Crippen molar-refractivity contribution in [2.75, 3.05) is 0 Å². The minimum absolute atomic E-state index is 0.0647. The van der Waals surface area contributed by atoms with Gasteiger partial charge in [-0.3, -0.25) is 9.78 Å². The number of rotatable bonds is 3. The summed E-state index contributed by atoms with van der Waals surface area (Å²) in [6, 6.07) is 3.51. The third kappa shape index (κ3) is 2.83. The molecule has 0 aromatic carbocycles. The number of aromatic nitrogens is 1. The Morgan fingerprint density at radius 3 is 2.85 bits per heavy atom. The second-order valence-electron chi connectivity index (χ2n) is 2.92. The zero-order valence-electron chi connectivity index (χ0n) is 7.40. The largest absolute Gasteiger partial charge is 0.388 e. The highest BCUT2D eigenvalue weighted by Crippen LogP contribution is 2.14. The van der Waals surface area contributed by atoms with Crippen LogP contribution in [0.2, 0.25) is 0 Å². The van der Waals surface area contributed by atoms with Gasteiger partial charge in [-0.05, 0) is 18.6 Å². The molecule has 1 atom stereocenters. The summed E-state index contributed by atoms with van der Waals surface area (Å²) >= 11 is 0. The van der Waals surface area contributed by atoms with E-state index in [0.717, 1.165) is 5.69 Å². The lowest BCUT2D eigenvalue weighted by atomic mass is 10.1. The summed E-state index contributed by atoms with van der Waals surface area (Å²) in [5, 5.41) is 9.44. The van der Waals surface area contributed by atoms with E-state index < -0.39 is 12.0 Å². The highest BCUT2D eigenvalue weighted by Gasteiger charge is 2.10. The van der Waals surface area contributed by atoms with E-state index in [0.29, 0.717) is 5.56 Å². The van der Waals surface area contributed by atoms with Crippen LogP contribution in [0.15, 0.2) is 18.3 Å². The van der Waals surface area contributed by atoms with Crippen LogP contribution in [0.5, 0.6) is 0 Å². The predicted molar refractivity (Wildman–Crippen MR) is 47.7 cm³/mol. The number of amides is 1. The van der Waals surface area contributed by atoms with E-state index in [9.17, 15) is 9.90 Å². The van der Waals surface area contributed by atoms with Gasteiger partial charge in [0.15, 0.2) is 0 Å². The molecule has 0 unspecified atom stereocenters. The zero-order chi connectivity index (χ0) is 9.84. The number of nitrogens with two attached hydrogens (primary N) is 1. The Kier molecular flexibility index (Phi) is 2.97. The Balaban J connectivity index is 2.71. The summed E-state index contributed by atoms with van der Waals surface area (Å²) in [5.41, 5.74) is 6.43. The molecule has 0 radical (unpaired) electrons. The summed E-state index contributed by atoms with van der Waals surface area (Å²) in [5.74, 6) is -0.520. The number of pyridine rings is 1. The van der Waals surface area contributed by atoms with Crippen LogP contribution in [0.3, 0.4) is 0 Å². The van der Waals surface area contributed by atoms with Crippen LogP contribution < -0.4 is 5.73 Å². The van der Waals surface area contributed by atoms with Gasteiger partial charge in [0.05, 0.1) is 12.5 Å². The van der Waals surface area contributed by atoms with Gasteiger partial charge in [0.1, 0.15) is 0 Å². The van der Waals surface area contributed by atoms with E-state index in [1.54, 1.807) is 18.3 Å². The number of aliphatic hydroxyl groups excluding tert-OH is 1. The quantitative estimate of drug-likeness (QED) is 0.702. The third-order valence-electron chi connectivity index (χ3n) is 1.71. The maximum absolute atomic E-state index is 10.5. The number of primary amides is 1. The normalized spacial score (nSPS) is 12.5. The molecule has 0 saturated carbocycles. The molecular formula is C9H12N2O2. The Morgan fingerprint density at radius 1 is 1.69 bits per heavy atom. The van der Waals surface area contributed by atoms with Crippen molar-refractivity contribution in [3.05, 3.63) is 29.6 Å². The number of hydrogen-bond acceptors (Lipinski definition) is 3. The maximum Gasteiger partial charge on any atom is 0.220 e. The molecule has 0 bridgehead atoms. The standard InChI is InChI=1S/C9H12N2O2/c1-6-2-3-7(5-11-6)8(12)4-9(10)13/h2-3,5,8,12H,4H2,1H3,(H2,10,13)/t8-/m1/s1.